The number of hydrogen-bond acceptors (Lipinski definition) is 5. The number of nitrogens with one attached hydrogen (secondary N) is 1. The Hall–Kier alpha value is -1.25. The first-order valence-corrected chi connectivity index (χ1v) is 7.00. The number of alkyl halides is 3. The number of likely N-dealkylation sites (N-methyl/N-ethyl adjacent to an activating group) is 1. The number of rotatable bonds is 2. The summed E-state index contributed by atoms with van der Waals surface area (Å²) in [5.41, 5.74) is -0.233. The van der Waals surface area contributed by atoms with Crippen LogP contribution in [0.25, 0.3) is 0 Å². The summed E-state index contributed by atoms with van der Waals surface area (Å²) in [7, 11) is 0. The summed E-state index contributed by atoms with van der Waals surface area (Å²) in [5, 5.41) is 2.90. The van der Waals surface area contributed by atoms with Gasteiger partial charge in [0.25, 0.3) is 0 Å². The van der Waals surface area contributed by atoms with Crippen molar-refractivity contribution >= 4 is 0 Å². The molecule has 1 atom stereocenters. The van der Waals surface area contributed by atoms with Crippen LogP contribution in [0.1, 0.15) is 35.8 Å². The Labute approximate surface area is 120 Å². The van der Waals surface area contributed by atoms with E-state index < -0.39 is 18.0 Å². The quantitative estimate of drug-likeness (QED) is 0.897. The van der Waals surface area contributed by atoms with Crippen LogP contribution in [0.3, 0.4) is 0 Å². The first-order chi connectivity index (χ1) is 9.99. The number of ether oxygens (including phenoxy) is 1. The zero-order valence-corrected chi connectivity index (χ0v) is 11.7. The lowest BCUT2D eigenvalue weighted by Gasteiger charge is -2.31. The van der Waals surface area contributed by atoms with Crippen LogP contribution in [0.2, 0.25) is 0 Å². The van der Waals surface area contributed by atoms with Gasteiger partial charge in [-0.2, -0.15) is 13.2 Å². The summed E-state index contributed by atoms with van der Waals surface area (Å²) in [4.78, 5) is 10.2. The van der Waals surface area contributed by atoms with Gasteiger partial charge < -0.3 is 10.1 Å². The van der Waals surface area contributed by atoms with E-state index >= 15 is 0 Å². The van der Waals surface area contributed by atoms with Gasteiger partial charge in [-0.1, -0.05) is 6.92 Å². The highest BCUT2D eigenvalue weighted by atomic mass is 19.4. The number of halogens is 3. The van der Waals surface area contributed by atoms with Gasteiger partial charge in [0.05, 0.1) is 12.3 Å². The molecule has 8 heteroatoms. The smallest absolute Gasteiger partial charge is 0.368 e. The Morgan fingerprint density at radius 3 is 2.86 bits per heavy atom. The van der Waals surface area contributed by atoms with E-state index in [-0.39, 0.29) is 17.9 Å². The highest BCUT2D eigenvalue weighted by molar-refractivity contribution is 5.31. The average Bonchev–Trinajstić information content (AvgIpc) is 2.93. The molecule has 3 rings (SSSR count). The Bertz CT molecular complexity index is 535. The molecule has 1 saturated heterocycles. The van der Waals surface area contributed by atoms with Gasteiger partial charge in [0, 0.05) is 31.7 Å². The number of morpholine rings is 1. The normalized spacial score (nSPS) is 23.3. The molecule has 0 spiro atoms. The molecule has 0 aromatic carbocycles. The van der Waals surface area contributed by atoms with Crippen molar-refractivity contribution < 1.29 is 17.9 Å². The van der Waals surface area contributed by atoms with Crippen molar-refractivity contribution in [3.8, 4) is 0 Å². The highest BCUT2D eigenvalue weighted by Gasteiger charge is 2.39. The van der Waals surface area contributed by atoms with Crippen molar-refractivity contribution in [1.29, 1.82) is 0 Å². The van der Waals surface area contributed by atoms with Crippen LogP contribution < -0.4 is 5.32 Å². The van der Waals surface area contributed by atoms with Crippen LogP contribution in [0.15, 0.2) is 0 Å². The van der Waals surface area contributed by atoms with Gasteiger partial charge >= 0.3 is 6.18 Å². The van der Waals surface area contributed by atoms with Crippen LogP contribution in [0.5, 0.6) is 0 Å². The second-order valence-corrected chi connectivity index (χ2v) is 5.21. The number of nitrogens with zero attached hydrogens (tertiary/aromatic N) is 3. The second-order valence-electron chi connectivity index (χ2n) is 5.21. The lowest BCUT2D eigenvalue weighted by molar-refractivity contribution is -0.142. The van der Waals surface area contributed by atoms with E-state index in [1.54, 1.807) is 0 Å². The molecular weight excluding hydrogens is 285 g/mol. The first-order valence-electron chi connectivity index (χ1n) is 7.00. The van der Waals surface area contributed by atoms with Gasteiger partial charge in [-0.15, -0.1) is 0 Å². The first kappa shape index (κ1) is 14.7. The Kier molecular flexibility index (Phi) is 3.85. The van der Waals surface area contributed by atoms with Gasteiger partial charge in [-0.3, -0.25) is 4.90 Å². The summed E-state index contributed by atoms with van der Waals surface area (Å²) >= 11 is 0. The Morgan fingerprint density at radius 2 is 2.14 bits per heavy atom. The number of hydrogen-bond donors (Lipinski definition) is 1. The molecule has 1 unspecified atom stereocenters. The summed E-state index contributed by atoms with van der Waals surface area (Å²) in [5.74, 6) is 0.142. The maximum atomic E-state index is 13.2. The molecule has 116 valence electrons. The number of fused-ring (bicyclic) bond motifs is 1. The highest BCUT2D eigenvalue weighted by Crippen LogP contribution is 2.34. The largest absolute Gasteiger partial charge is 0.433 e. The minimum atomic E-state index is -4.47. The lowest BCUT2D eigenvalue weighted by Crippen LogP contribution is -2.39. The zero-order chi connectivity index (χ0) is 15.0. The Balaban J connectivity index is 1.96. The van der Waals surface area contributed by atoms with E-state index in [4.69, 9.17) is 4.74 Å². The molecule has 0 amide bonds. The van der Waals surface area contributed by atoms with E-state index in [0.29, 0.717) is 25.4 Å². The van der Waals surface area contributed by atoms with Gasteiger partial charge in [0.2, 0.25) is 0 Å². The molecule has 3 heterocycles. The van der Waals surface area contributed by atoms with Crippen LogP contribution in [0.4, 0.5) is 13.2 Å². The average molecular weight is 302 g/mol. The third-order valence-electron chi connectivity index (χ3n) is 3.86. The molecule has 0 aliphatic carbocycles. The minimum Gasteiger partial charge on any atom is -0.368 e. The van der Waals surface area contributed by atoms with E-state index in [2.05, 4.69) is 20.2 Å². The van der Waals surface area contributed by atoms with Crippen LogP contribution in [-0.2, 0) is 24.0 Å². The van der Waals surface area contributed by atoms with E-state index in [0.717, 1.165) is 13.1 Å². The number of aromatic nitrogens is 2. The van der Waals surface area contributed by atoms with Gasteiger partial charge in [-0.25, -0.2) is 9.97 Å². The molecule has 1 N–H and O–H groups in total. The topological polar surface area (TPSA) is 50.3 Å². The monoisotopic (exact) mass is 302 g/mol. The standard InChI is InChI=1S/C13H17F3N4O/c1-2-20-3-4-21-10(7-20)12-18-9-6-17-5-8(9)11(19-12)13(14,15)16/h10,17H,2-7H2,1H3. The van der Waals surface area contributed by atoms with Crippen molar-refractivity contribution in [3.63, 3.8) is 0 Å². The molecule has 0 radical (unpaired) electrons. The molecule has 21 heavy (non-hydrogen) atoms. The maximum Gasteiger partial charge on any atom is 0.433 e. The molecule has 2 aliphatic heterocycles. The van der Waals surface area contributed by atoms with Crippen molar-refractivity contribution in [3.05, 3.63) is 22.8 Å². The fourth-order valence-electron chi connectivity index (χ4n) is 2.71. The van der Waals surface area contributed by atoms with E-state index in [9.17, 15) is 13.2 Å². The fraction of sp³-hybridized carbons (Fsp3) is 0.692. The second kappa shape index (κ2) is 5.51. The molecule has 1 fully saturated rings. The van der Waals surface area contributed by atoms with Crippen LogP contribution in [-0.4, -0.2) is 41.1 Å². The maximum absolute atomic E-state index is 13.2. The summed E-state index contributed by atoms with van der Waals surface area (Å²) in [6.45, 7) is 5.15. The molecule has 0 saturated carbocycles. The molecule has 2 aliphatic rings. The third-order valence-corrected chi connectivity index (χ3v) is 3.86. The summed E-state index contributed by atoms with van der Waals surface area (Å²) < 4.78 is 45.1. The van der Waals surface area contributed by atoms with Gasteiger partial charge in [0.15, 0.2) is 11.5 Å². The third kappa shape index (κ3) is 2.88. The molecule has 0 bridgehead atoms. The summed E-state index contributed by atoms with van der Waals surface area (Å²) in [6, 6.07) is 0. The lowest BCUT2D eigenvalue weighted by atomic mass is 10.1. The molecular formula is C13H17F3N4O. The van der Waals surface area contributed by atoms with Crippen molar-refractivity contribution in [2.75, 3.05) is 26.2 Å². The zero-order valence-electron chi connectivity index (χ0n) is 11.7. The minimum absolute atomic E-state index is 0.142. The predicted octanol–water partition coefficient (Wildman–Crippen LogP) is 1.49. The molecule has 1 aromatic rings. The van der Waals surface area contributed by atoms with Crippen molar-refractivity contribution in [2.45, 2.75) is 32.3 Å². The van der Waals surface area contributed by atoms with Crippen molar-refractivity contribution in [1.82, 2.24) is 20.2 Å². The fourth-order valence-corrected chi connectivity index (χ4v) is 2.71. The van der Waals surface area contributed by atoms with Crippen LogP contribution in [0, 0.1) is 0 Å². The SMILES string of the molecule is CCN1CCOC(c2nc3c(c(C(F)(F)F)n2)CNC3)C1. The predicted molar refractivity (Wildman–Crippen MR) is 68.4 cm³/mol. The molecule has 5 nitrogen and oxygen atoms in total. The molecule has 1 aromatic heterocycles. The van der Waals surface area contributed by atoms with Crippen molar-refractivity contribution in [2.24, 2.45) is 0 Å². The van der Waals surface area contributed by atoms with Gasteiger partial charge in [0.1, 0.15) is 6.10 Å². The Morgan fingerprint density at radius 1 is 1.33 bits per heavy atom. The van der Waals surface area contributed by atoms with E-state index in [1.165, 1.54) is 0 Å². The van der Waals surface area contributed by atoms with E-state index in [1.807, 2.05) is 6.92 Å². The summed E-state index contributed by atoms with van der Waals surface area (Å²) in [6.07, 6.45) is -4.96. The van der Waals surface area contributed by atoms with Gasteiger partial charge in [-0.05, 0) is 6.54 Å². The van der Waals surface area contributed by atoms with Crippen LogP contribution >= 0.6 is 0 Å².